The summed E-state index contributed by atoms with van der Waals surface area (Å²) in [6.45, 7) is 1.11. The molecule has 5 rings (SSSR count). The van der Waals surface area contributed by atoms with E-state index < -0.39 is 6.04 Å². The van der Waals surface area contributed by atoms with Gasteiger partial charge >= 0.3 is 0 Å². The first-order chi connectivity index (χ1) is 15.0. The average molecular weight is 441 g/mol. The Hall–Kier alpha value is -3.24. The van der Waals surface area contributed by atoms with E-state index in [0.29, 0.717) is 52.9 Å². The van der Waals surface area contributed by atoms with Gasteiger partial charge in [0.05, 0.1) is 17.2 Å². The largest absolute Gasteiger partial charge is 0.492 e. The summed E-state index contributed by atoms with van der Waals surface area (Å²) in [5, 5.41) is 15.4. The van der Waals surface area contributed by atoms with Crippen LogP contribution < -0.4 is 5.73 Å². The molecule has 3 aromatic heterocycles. The van der Waals surface area contributed by atoms with Crippen LogP contribution in [0, 0.1) is 11.7 Å². The molecule has 1 atom stereocenters. The number of furan rings is 1. The molecule has 0 aliphatic carbocycles. The number of primary amides is 1. The minimum absolute atomic E-state index is 0.0874. The van der Waals surface area contributed by atoms with Gasteiger partial charge in [-0.3, -0.25) is 9.69 Å². The molecule has 10 heteroatoms. The third kappa shape index (κ3) is 3.47. The summed E-state index contributed by atoms with van der Waals surface area (Å²) >= 11 is 1.25. The van der Waals surface area contributed by atoms with Crippen LogP contribution in [0.3, 0.4) is 0 Å². The number of hydrogen-bond donors (Lipinski definition) is 2. The summed E-state index contributed by atoms with van der Waals surface area (Å²) < 4.78 is 21.5. The predicted molar refractivity (Wildman–Crippen MR) is 112 cm³/mol. The molecule has 0 unspecified atom stereocenters. The standard InChI is InChI=1S/C21H20FN5O3S/c22-14-5-2-1-4-13(14)16(26-9-7-12(8-10-26)18(23)28)17-20(29)27-21(31-17)24-19(25-27)15-6-3-11-30-15/h1-6,11-12,16,29H,7-10H2,(H2,23,28)/t16-/m1/s1. The number of thiazole rings is 1. The van der Waals surface area contributed by atoms with Gasteiger partial charge in [-0.25, -0.2) is 4.39 Å². The molecule has 3 N–H and O–H groups in total. The van der Waals surface area contributed by atoms with E-state index in [0.717, 1.165) is 0 Å². The summed E-state index contributed by atoms with van der Waals surface area (Å²) in [5.41, 5.74) is 5.92. The van der Waals surface area contributed by atoms with Crippen molar-refractivity contribution in [2.24, 2.45) is 11.7 Å². The summed E-state index contributed by atoms with van der Waals surface area (Å²) in [7, 11) is 0. The number of hydrogen-bond acceptors (Lipinski definition) is 7. The maximum Gasteiger partial charge on any atom is 0.230 e. The Kier molecular flexibility index (Phi) is 4.95. The van der Waals surface area contributed by atoms with Crippen LogP contribution in [0.4, 0.5) is 4.39 Å². The predicted octanol–water partition coefficient (Wildman–Crippen LogP) is 3.18. The minimum atomic E-state index is -0.532. The molecule has 1 aliphatic heterocycles. The second kappa shape index (κ2) is 7.78. The number of carbonyl (C=O) groups is 1. The summed E-state index contributed by atoms with van der Waals surface area (Å²) in [5.74, 6) is -0.0906. The Balaban J connectivity index is 1.56. The maximum atomic E-state index is 14.8. The fourth-order valence-electron chi connectivity index (χ4n) is 4.08. The number of benzene rings is 1. The van der Waals surface area contributed by atoms with Crippen LogP contribution in [0.5, 0.6) is 5.88 Å². The van der Waals surface area contributed by atoms with Crippen molar-refractivity contribution in [3.63, 3.8) is 0 Å². The Labute approximate surface area is 180 Å². The van der Waals surface area contributed by atoms with Gasteiger partial charge < -0.3 is 15.3 Å². The van der Waals surface area contributed by atoms with Crippen LogP contribution in [-0.4, -0.2) is 43.6 Å². The van der Waals surface area contributed by atoms with E-state index in [4.69, 9.17) is 10.2 Å². The molecule has 1 aromatic carbocycles. The number of nitrogens with zero attached hydrogens (tertiary/aromatic N) is 4. The number of amides is 1. The Bertz CT molecular complexity index is 1230. The summed E-state index contributed by atoms with van der Waals surface area (Å²) in [6.07, 6.45) is 2.70. The Morgan fingerprint density at radius 2 is 2.03 bits per heavy atom. The monoisotopic (exact) mass is 441 g/mol. The normalized spacial score (nSPS) is 16.7. The highest BCUT2D eigenvalue weighted by molar-refractivity contribution is 7.17. The smallest absolute Gasteiger partial charge is 0.230 e. The number of halogens is 1. The van der Waals surface area contributed by atoms with Gasteiger partial charge in [-0.15, -0.1) is 5.10 Å². The molecule has 0 bridgehead atoms. The molecule has 8 nitrogen and oxygen atoms in total. The van der Waals surface area contributed by atoms with Gasteiger partial charge in [-0.1, -0.05) is 29.5 Å². The van der Waals surface area contributed by atoms with Crippen LogP contribution in [0.1, 0.15) is 29.3 Å². The highest BCUT2D eigenvalue weighted by Gasteiger charge is 2.34. The molecule has 0 saturated carbocycles. The number of aromatic hydroxyl groups is 1. The Morgan fingerprint density at radius 3 is 2.68 bits per heavy atom. The number of rotatable bonds is 5. The highest BCUT2D eigenvalue weighted by Crippen LogP contribution is 2.42. The Morgan fingerprint density at radius 1 is 1.26 bits per heavy atom. The number of nitrogens with two attached hydrogens (primary N) is 1. The van der Waals surface area contributed by atoms with Crippen LogP contribution in [-0.2, 0) is 4.79 Å². The van der Waals surface area contributed by atoms with Crippen molar-refractivity contribution in [2.45, 2.75) is 18.9 Å². The molecule has 4 heterocycles. The van der Waals surface area contributed by atoms with Crippen LogP contribution >= 0.6 is 11.3 Å². The lowest BCUT2D eigenvalue weighted by Crippen LogP contribution is -2.40. The molecule has 160 valence electrons. The van der Waals surface area contributed by atoms with E-state index in [1.54, 1.807) is 30.3 Å². The van der Waals surface area contributed by atoms with Gasteiger partial charge in [0, 0.05) is 11.5 Å². The van der Waals surface area contributed by atoms with Crippen LogP contribution in [0.25, 0.3) is 16.5 Å². The SMILES string of the molecule is NC(=O)C1CCN([C@H](c2ccccc2F)c2sc3nc(-c4ccco4)nn3c2O)CC1. The highest BCUT2D eigenvalue weighted by atomic mass is 32.1. The molecular weight excluding hydrogens is 421 g/mol. The van der Waals surface area contributed by atoms with Crippen molar-refractivity contribution >= 4 is 22.2 Å². The first-order valence-electron chi connectivity index (χ1n) is 9.93. The van der Waals surface area contributed by atoms with Crippen molar-refractivity contribution in [2.75, 3.05) is 13.1 Å². The molecule has 0 spiro atoms. The topological polar surface area (TPSA) is 110 Å². The fourth-order valence-corrected chi connectivity index (χ4v) is 5.19. The van der Waals surface area contributed by atoms with Gasteiger partial charge in [-0.2, -0.15) is 9.50 Å². The molecular formula is C21H20FN5O3S. The third-order valence-corrected chi connectivity index (χ3v) is 6.76. The lowest BCUT2D eigenvalue weighted by molar-refractivity contribution is -0.123. The van der Waals surface area contributed by atoms with Crippen molar-refractivity contribution in [3.8, 4) is 17.5 Å². The number of piperidine rings is 1. The zero-order chi connectivity index (χ0) is 21.5. The van der Waals surface area contributed by atoms with E-state index in [9.17, 15) is 14.3 Å². The quantitative estimate of drug-likeness (QED) is 0.492. The number of fused-ring (bicyclic) bond motifs is 1. The number of likely N-dealkylation sites (tertiary alicyclic amines) is 1. The van der Waals surface area contributed by atoms with Gasteiger partial charge in [-0.05, 0) is 44.1 Å². The van der Waals surface area contributed by atoms with Gasteiger partial charge in [0.2, 0.25) is 22.6 Å². The van der Waals surface area contributed by atoms with Gasteiger partial charge in [0.15, 0.2) is 5.76 Å². The molecule has 1 fully saturated rings. The molecule has 1 aliphatic rings. The molecule has 1 saturated heterocycles. The van der Waals surface area contributed by atoms with Gasteiger partial charge in [0.1, 0.15) is 5.82 Å². The lowest BCUT2D eigenvalue weighted by Gasteiger charge is -2.36. The van der Waals surface area contributed by atoms with Crippen molar-refractivity contribution in [1.82, 2.24) is 19.5 Å². The third-order valence-electron chi connectivity index (χ3n) is 5.69. The lowest BCUT2D eigenvalue weighted by atomic mass is 9.93. The zero-order valence-corrected chi connectivity index (χ0v) is 17.3. The number of aromatic nitrogens is 3. The van der Waals surface area contributed by atoms with E-state index in [1.807, 2.05) is 0 Å². The van der Waals surface area contributed by atoms with Gasteiger partial charge in [0.25, 0.3) is 0 Å². The second-order valence-corrected chi connectivity index (χ2v) is 8.54. The average Bonchev–Trinajstić information content (AvgIpc) is 3.49. The van der Waals surface area contributed by atoms with Crippen molar-refractivity contribution in [1.29, 1.82) is 0 Å². The molecule has 31 heavy (non-hydrogen) atoms. The van der Waals surface area contributed by atoms with Crippen LogP contribution in [0.15, 0.2) is 47.1 Å². The van der Waals surface area contributed by atoms with E-state index in [1.165, 1.54) is 28.2 Å². The van der Waals surface area contributed by atoms with Crippen molar-refractivity contribution < 1.29 is 18.7 Å². The van der Waals surface area contributed by atoms with E-state index >= 15 is 0 Å². The fraction of sp³-hybridized carbons (Fsp3) is 0.286. The summed E-state index contributed by atoms with van der Waals surface area (Å²) in [4.78, 5) is 19.1. The first kappa shape index (κ1) is 19.7. The van der Waals surface area contributed by atoms with Crippen molar-refractivity contribution in [3.05, 3.63) is 58.9 Å². The second-order valence-electron chi connectivity index (χ2n) is 7.53. The molecule has 1 amide bonds. The van der Waals surface area contributed by atoms with E-state index in [-0.39, 0.29) is 23.5 Å². The summed E-state index contributed by atoms with van der Waals surface area (Å²) in [6, 6.07) is 9.46. The molecule has 0 radical (unpaired) electrons. The van der Waals surface area contributed by atoms with E-state index in [2.05, 4.69) is 15.0 Å². The first-order valence-corrected chi connectivity index (χ1v) is 10.7. The zero-order valence-electron chi connectivity index (χ0n) is 16.4. The number of carbonyl (C=O) groups excluding carboxylic acids is 1. The molecule has 4 aromatic rings. The maximum absolute atomic E-state index is 14.8. The minimum Gasteiger partial charge on any atom is -0.492 e. The van der Waals surface area contributed by atoms with Crippen LogP contribution in [0.2, 0.25) is 0 Å².